The molecule has 5 heteroatoms. The Morgan fingerprint density at radius 3 is 2.17 bits per heavy atom. The van der Waals surface area contributed by atoms with Crippen molar-refractivity contribution in [2.24, 2.45) is 11.1 Å². The van der Waals surface area contributed by atoms with Crippen LogP contribution in [0, 0.1) is 11.2 Å². The minimum atomic E-state index is -0.533. The van der Waals surface area contributed by atoms with Gasteiger partial charge in [0.25, 0.3) is 0 Å². The summed E-state index contributed by atoms with van der Waals surface area (Å²) in [5.41, 5.74) is 5.75. The predicted molar refractivity (Wildman–Crippen MR) is 74.3 cm³/mol. The average molecular weight is 275 g/mol. The molecule has 3 nitrogen and oxygen atoms in total. The van der Waals surface area contributed by atoms with Crippen molar-refractivity contribution in [3.8, 4) is 0 Å². The first-order valence-electron chi connectivity index (χ1n) is 5.85. The van der Waals surface area contributed by atoms with E-state index in [1.165, 1.54) is 12.1 Å². The van der Waals surface area contributed by atoms with Gasteiger partial charge < -0.3 is 11.1 Å². The number of halogens is 2. The molecule has 1 amide bonds. The SMILES string of the molecule is CCC(CC)(CN)C(=O)Nc1ccc(F)cc1.Cl. The lowest BCUT2D eigenvalue weighted by atomic mass is 9.81. The van der Waals surface area contributed by atoms with Gasteiger partial charge in [0.15, 0.2) is 0 Å². The van der Waals surface area contributed by atoms with E-state index in [1.807, 2.05) is 13.8 Å². The van der Waals surface area contributed by atoms with Crippen LogP contribution in [-0.2, 0) is 4.79 Å². The molecule has 102 valence electrons. The van der Waals surface area contributed by atoms with E-state index < -0.39 is 5.41 Å². The van der Waals surface area contributed by atoms with Gasteiger partial charge in [-0.05, 0) is 37.1 Å². The van der Waals surface area contributed by atoms with Crippen molar-refractivity contribution in [1.29, 1.82) is 0 Å². The van der Waals surface area contributed by atoms with Crippen LogP contribution in [0.5, 0.6) is 0 Å². The number of hydrogen-bond acceptors (Lipinski definition) is 2. The van der Waals surface area contributed by atoms with E-state index in [2.05, 4.69) is 5.32 Å². The Bertz CT molecular complexity index is 369. The highest BCUT2D eigenvalue weighted by Crippen LogP contribution is 2.26. The van der Waals surface area contributed by atoms with Gasteiger partial charge in [-0.25, -0.2) is 4.39 Å². The standard InChI is InChI=1S/C13H19FN2O.ClH/c1-3-13(4-2,9-15)12(17)16-11-7-5-10(14)6-8-11;/h5-8H,3-4,9,15H2,1-2H3,(H,16,17);1H. The number of carbonyl (C=O) groups is 1. The highest BCUT2D eigenvalue weighted by molar-refractivity contribution is 5.95. The first-order chi connectivity index (χ1) is 8.07. The van der Waals surface area contributed by atoms with Gasteiger partial charge in [0.05, 0.1) is 5.41 Å². The first kappa shape index (κ1) is 16.9. The number of carbonyl (C=O) groups excluding carboxylic acids is 1. The van der Waals surface area contributed by atoms with Gasteiger partial charge in [-0.15, -0.1) is 12.4 Å². The molecule has 0 aliphatic heterocycles. The fourth-order valence-electron chi connectivity index (χ4n) is 1.75. The molecule has 0 aliphatic carbocycles. The fraction of sp³-hybridized carbons (Fsp3) is 0.462. The summed E-state index contributed by atoms with van der Waals surface area (Å²) in [5.74, 6) is -0.421. The topological polar surface area (TPSA) is 55.1 Å². The summed E-state index contributed by atoms with van der Waals surface area (Å²) in [7, 11) is 0. The second kappa shape index (κ2) is 7.34. The van der Waals surface area contributed by atoms with E-state index in [-0.39, 0.29) is 24.1 Å². The number of hydrogen-bond donors (Lipinski definition) is 2. The zero-order valence-corrected chi connectivity index (χ0v) is 11.5. The maximum absolute atomic E-state index is 12.7. The van der Waals surface area contributed by atoms with Crippen LogP contribution < -0.4 is 11.1 Å². The number of rotatable bonds is 5. The molecule has 1 aromatic carbocycles. The molecule has 0 radical (unpaired) electrons. The molecule has 0 atom stereocenters. The quantitative estimate of drug-likeness (QED) is 0.867. The van der Waals surface area contributed by atoms with E-state index in [4.69, 9.17) is 5.73 Å². The van der Waals surface area contributed by atoms with Crippen LogP contribution in [0.25, 0.3) is 0 Å². The summed E-state index contributed by atoms with van der Waals surface area (Å²) in [6.45, 7) is 4.20. The Morgan fingerprint density at radius 2 is 1.78 bits per heavy atom. The van der Waals surface area contributed by atoms with E-state index >= 15 is 0 Å². The zero-order chi connectivity index (χ0) is 12.9. The lowest BCUT2D eigenvalue weighted by Crippen LogP contribution is -2.41. The molecule has 1 aromatic rings. The van der Waals surface area contributed by atoms with Gasteiger partial charge in [-0.3, -0.25) is 4.79 Å². The van der Waals surface area contributed by atoms with Crippen LogP contribution in [0.15, 0.2) is 24.3 Å². The van der Waals surface area contributed by atoms with Gasteiger partial charge in [0, 0.05) is 12.2 Å². The highest BCUT2D eigenvalue weighted by Gasteiger charge is 2.33. The second-order valence-electron chi connectivity index (χ2n) is 4.15. The third-order valence-corrected chi connectivity index (χ3v) is 3.33. The van der Waals surface area contributed by atoms with Gasteiger partial charge >= 0.3 is 0 Å². The number of anilines is 1. The summed E-state index contributed by atoms with van der Waals surface area (Å²) >= 11 is 0. The fourth-order valence-corrected chi connectivity index (χ4v) is 1.75. The molecule has 0 fully saturated rings. The molecule has 0 saturated carbocycles. The summed E-state index contributed by atoms with van der Waals surface area (Å²) < 4.78 is 12.7. The van der Waals surface area contributed by atoms with Crippen LogP contribution in [0.1, 0.15) is 26.7 Å². The third kappa shape index (κ3) is 3.68. The molecule has 18 heavy (non-hydrogen) atoms. The van der Waals surface area contributed by atoms with Crippen LogP contribution in [0.2, 0.25) is 0 Å². The molecule has 0 unspecified atom stereocenters. The van der Waals surface area contributed by atoms with Crippen LogP contribution in [0.4, 0.5) is 10.1 Å². The molecular weight excluding hydrogens is 255 g/mol. The normalized spacial score (nSPS) is 10.7. The monoisotopic (exact) mass is 274 g/mol. The second-order valence-corrected chi connectivity index (χ2v) is 4.15. The third-order valence-electron chi connectivity index (χ3n) is 3.33. The number of nitrogens with one attached hydrogen (secondary N) is 1. The zero-order valence-electron chi connectivity index (χ0n) is 10.7. The highest BCUT2D eigenvalue weighted by atomic mass is 35.5. The Labute approximate surface area is 113 Å². The number of amides is 1. The summed E-state index contributed by atoms with van der Waals surface area (Å²) in [6.07, 6.45) is 1.38. The minimum absolute atomic E-state index is 0. The van der Waals surface area contributed by atoms with Gasteiger partial charge in [-0.2, -0.15) is 0 Å². The largest absolute Gasteiger partial charge is 0.329 e. The Kier molecular flexibility index (Phi) is 6.88. The molecule has 1 rings (SSSR count). The van der Waals surface area contributed by atoms with Gasteiger partial charge in [0.1, 0.15) is 5.82 Å². The summed E-state index contributed by atoms with van der Waals surface area (Å²) in [4.78, 5) is 12.1. The van der Waals surface area contributed by atoms with E-state index in [1.54, 1.807) is 12.1 Å². The van der Waals surface area contributed by atoms with Crippen LogP contribution in [0.3, 0.4) is 0 Å². The Hall–Kier alpha value is -1.13. The lowest BCUT2D eigenvalue weighted by molar-refractivity contribution is -0.125. The lowest BCUT2D eigenvalue weighted by Gasteiger charge is -2.28. The molecule has 0 saturated heterocycles. The predicted octanol–water partition coefficient (Wildman–Crippen LogP) is 2.95. The van der Waals surface area contributed by atoms with Crippen molar-refractivity contribution < 1.29 is 9.18 Å². The molecule has 3 N–H and O–H groups in total. The molecule has 0 aliphatic rings. The summed E-state index contributed by atoms with van der Waals surface area (Å²) in [6, 6.07) is 5.72. The van der Waals surface area contributed by atoms with Crippen molar-refractivity contribution >= 4 is 24.0 Å². The van der Waals surface area contributed by atoms with E-state index in [0.29, 0.717) is 25.1 Å². The maximum atomic E-state index is 12.7. The van der Waals surface area contributed by atoms with Crippen molar-refractivity contribution in [2.45, 2.75) is 26.7 Å². The Balaban J connectivity index is 0.00000289. The minimum Gasteiger partial charge on any atom is -0.329 e. The molecular formula is C13H20ClFN2O. The number of benzene rings is 1. The van der Waals surface area contributed by atoms with Crippen molar-refractivity contribution in [3.05, 3.63) is 30.1 Å². The maximum Gasteiger partial charge on any atom is 0.231 e. The first-order valence-corrected chi connectivity index (χ1v) is 5.85. The van der Waals surface area contributed by atoms with Gasteiger partial charge in [-0.1, -0.05) is 13.8 Å². The van der Waals surface area contributed by atoms with E-state index in [9.17, 15) is 9.18 Å². The molecule has 0 heterocycles. The average Bonchev–Trinajstić information content (AvgIpc) is 2.35. The van der Waals surface area contributed by atoms with Crippen molar-refractivity contribution in [1.82, 2.24) is 0 Å². The number of nitrogens with two attached hydrogens (primary N) is 1. The van der Waals surface area contributed by atoms with Crippen LogP contribution in [-0.4, -0.2) is 12.5 Å². The van der Waals surface area contributed by atoms with Gasteiger partial charge in [0.2, 0.25) is 5.91 Å². The van der Waals surface area contributed by atoms with Crippen molar-refractivity contribution in [3.63, 3.8) is 0 Å². The Morgan fingerprint density at radius 1 is 1.28 bits per heavy atom. The van der Waals surface area contributed by atoms with Crippen LogP contribution >= 0.6 is 12.4 Å². The smallest absolute Gasteiger partial charge is 0.231 e. The summed E-state index contributed by atoms with van der Waals surface area (Å²) in [5, 5.41) is 2.78. The van der Waals surface area contributed by atoms with Crippen molar-refractivity contribution in [2.75, 3.05) is 11.9 Å². The molecule has 0 bridgehead atoms. The van der Waals surface area contributed by atoms with E-state index in [0.717, 1.165) is 0 Å². The molecule has 0 spiro atoms. The molecule has 0 aromatic heterocycles.